The summed E-state index contributed by atoms with van der Waals surface area (Å²) in [6.07, 6.45) is -2.83. The Morgan fingerprint density at radius 2 is 1.79 bits per heavy atom. The molecule has 0 unspecified atom stereocenters. The predicted octanol–water partition coefficient (Wildman–Crippen LogP) is 2.46. The van der Waals surface area contributed by atoms with Crippen molar-refractivity contribution < 1.29 is 32.2 Å². The summed E-state index contributed by atoms with van der Waals surface area (Å²) in [6.45, 7) is 7.70. The molecule has 1 N–H and O–H groups in total. The third-order valence-electron chi connectivity index (χ3n) is 3.94. The van der Waals surface area contributed by atoms with E-state index in [1.807, 2.05) is 27.7 Å². The maximum Gasteiger partial charge on any atom is 0.471 e. The number of alkyl halides is 3. The molecule has 1 fully saturated rings. The molecule has 0 aromatic rings. The fraction of sp³-hybridized carbons (Fsp3) is 0.750. The second-order valence-electron chi connectivity index (χ2n) is 6.60. The zero-order valence-electron chi connectivity index (χ0n) is 14.3. The van der Waals surface area contributed by atoms with E-state index in [1.165, 1.54) is 0 Å². The van der Waals surface area contributed by atoms with Crippen molar-refractivity contribution in [1.82, 2.24) is 5.32 Å². The lowest BCUT2D eigenvalue weighted by Gasteiger charge is -2.09. The Bertz CT molecular complexity index is 496. The van der Waals surface area contributed by atoms with E-state index in [1.54, 1.807) is 5.32 Å². The number of amides is 1. The van der Waals surface area contributed by atoms with Crippen LogP contribution in [-0.4, -0.2) is 44.4 Å². The molecule has 2 atom stereocenters. The van der Waals surface area contributed by atoms with Gasteiger partial charge in [-0.05, 0) is 25.2 Å². The Morgan fingerprint density at radius 3 is 2.33 bits per heavy atom. The number of ether oxygens (including phenoxy) is 2. The molecule has 8 heteroatoms. The van der Waals surface area contributed by atoms with Crippen molar-refractivity contribution in [2.24, 2.45) is 17.3 Å². The Hall–Kier alpha value is -1.57. The lowest BCUT2D eigenvalue weighted by Crippen LogP contribution is -2.38. The minimum absolute atomic E-state index is 0.0279. The van der Waals surface area contributed by atoms with Crippen LogP contribution in [0.4, 0.5) is 13.2 Å². The largest absolute Gasteiger partial charge is 0.471 e. The molecule has 1 rings (SSSR count). The monoisotopic (exact) mass is 351 g/mol. The number of allylic oxidation sites excluding steroid dienone is 2. The van der Waals surface area contributed by atoms with E-state index in [4.69, 9.17) is 9.47 Å². The lowest BCUT2D eigenvalue weighted by molar-refractivity contribution is -0.173. The van der Waals surface area contributed by atoms with Crippen molar-refractivity contribution in [2.75, 3.05) is 26.4 Å². The smallest absolute Gasteiger partial charge is 0.463 e. The van der Waals surface area contributed by atoms with Gasteiger partial charge in [-0.15, -0.1) is 0 Å². The molecule has 1 aliphatic carbocycles. The molecule has 138 valence electrons. The van der Waals surface area contributed by atoms with Crippen LogP contribution in [0.5, 0.6) is 0 Å². The van der Waals surface area contributed by atoms with Gasteiger partial charge in [-0.25, -0.2) is 0 Å². The number of carbonyl (C=O) groups excluding carboxylic acids is 2. The molecular formula is C16H24F3NO4. The molecule has 0 heterocycles. The molecule has 0 aromatic heterocycles. The van der Waals surface area contributed by atoms with Gasteiger partial charge in [0.2, 0.25) is 0 Å². The van der Waals surface area contributed by atoms with Crippen LogP contribution in [0.1, 0.15) is 27.7 Å². The molecule has 24 heavy (non-hydrogen) atoms. The number of esters is 1. The van der Waals surface area contributed by atoms with E-state index in [2.05, 4.69) is 6.08 Å². The average molecular weight is 351 g/mol. The standard InChI is InChI=1S/C16H24F3NO4/c1-10(2)9-11-12(15(11,3)4)13(21)24-8-7-23-6-5-20-14(22)16(17,18)19/h9,11-12H,5-8H2,1-4H3,(H,20,22)/t11-,12-/m0/s1. The van der Waals surface area contributed by atoms with E-state index >= 15 is 0 Å². The lowest BCUT2D eigenvalue weighted by atomic mass is 10.1. The molecule has 1 aliphatic rings. The highest BCUT2D eigenvalue weighted by Crippen LogP contribution is 2.59. The van der Waals surface area contributed by atoms with Gasteiger partial charge in [0.05, 0.1) is 19.1 Å². The normalized spacial score (nSPS) is 21.8. The van der Waals surface area contributed by atoms with Crippen LogP contribution in [-0.2, 0) is 19.1 Å². The minimum Gasteiger partial charge on any atom is -0.463 e. The van der Waals surface area contributed by atoms with Crippen LogP contribution in [0.25, 0.3) is 0 Å². The number of rotatable bonds is 8. The Balaban J connectivity index is 2.15. The van der Waals surface area contributed by atoms with Crippen molar-refractivity contribution in [3.63, 3.8) is 0 Å². The van der Waals surface area contributed by atoms with Gasteiger partial charge < -0.3 is 14.8 Å². The maximum absolute atomic E-state index is 12.0. The maximum atomic E-state index is 12.0. The summed E-state index contributed by atoms with van der Waals surface area (Å²) in [5.41, 5.74) is 1.02. The summed E-state index contributed by atoms with van der Waals surface area (Å²) >= 11 is 0. The van der Waals surface area contributed by atoms with Crippen molar-refractivity contribution in [2.45, 2.75) is 33.9 Å². The summed E-state index contributed by atoms with van der Waals surface area (Å²) in [6, 6.07) is 0. The summed E-state index contributed by atoms with van der Waals surface area (Å²) in [4.78, 5) is 22.5. The topological polar surface area (TPSA) is 64.6 Å². The SMILES string of the molecule is CC(C)=C[C@H]1[C@@H](C(=O)OCCOCCNC(=O)C(F)(F)F)C1(C)C. The van der Waals surface area contributed by atoms with Gasteiger partial charge in [-0.1, -0.05) is 25.5 Å². The van der Waals surface area contributed by atoms with Gasteiger partial charge in [-0.3, -0.25) is 9.59 Å². The molecular weight excluding hydrogens is 327 g/mol. The van der Waals surface area contributed by atoms with Crippen LogP contribution in [0, 0.1) is 17.3 Å². The summed E-state index contributed by atoms with van der Waals surface area (Å²) in [7, 11) is 0. The highest BCUT2D eigenvalue weighted by Gasteiger charge is 2.61. The van der Waals surface area contributed by atoms with Crippen molar-refractivity contribution >= 4 is 11.9 Å². The summed E-state index contributed by atoms with van der Waals surface area (Å²) in [5.74, 6) is -2.32. The van der Waals surface area contributed by atoms with Crippen molar-refractivity contribution in [3.05, 3.63) is 11.6 Å². The Kier molecular flexibility index (Phi) is 6.83. The molecule has 0 aromatic carbocycles. The number of halogens is 3. The van der Waals surface area contributed by atoms with Crippen LogP contribution in [0.15, 0.2) is 11.6 Å². The third kappa shape index (κ3) is 5.81. The Morgan fingerprint density at radius 1 is 1.17 bits per heavy atom. The summed E-state index contributed by atoms with van der Waals surface area (Å²) in [5, 5.41) is 1.68. The van der Waals surface area contributed by atoms with E-state index in [0.29, 0.717) is 0 Å². The first-order chi connectivity index (χ1) is 11.0. The van der Waals surface area contributed by atoms with Crippen LogP contribution < -0.4 is 5.32 Å². The number of hydrogen-bond donors (Lipinski definition) is 1. The van der Waals surface area contributed by atoms with Gasteiger partial charge >= 0.3 is 18.1 Å². The van der Waals surface area contributed by atoms with E-state index in [9.17, 15) is 22.8 Å². The molecule has 0 aliphatic heterocycles. The van der Waals surface area contributed by atoms with E-state index < -0.39 is 12.1 Å². The van der Waals surface area contributed by atoms with E-state index in [-0.39, 0.29) is 49.6 Å². The second kappa shape index (κ2) is 8.00. The van der Waals surface area contributed by atoms with Crippen LogP contribution >= 0.6 is 0 Å². The Labute approximate surface area is 139 Å². The second-order valence-corrected chi connectivity index (χ2v) is 6.60. The van der Waals surface area contributed by atoms with Gasteiger partial charge in [0.25, 0.3) is 0 Å². The molecule has 1 saturated carbocycles. The van der Waals surface area contributed by atoms with Crippen LogP contribution in [0.3, 0.4) is 0 Å². The first-order valence-electron chi connectivity index (χ1n) is 7.72. The average Bonchev–Trinajstić information content (AvgIpc) is 2.96. The van der Waals surface area contributed by atoms with Gasteiger partial charge in [0.1, 0.15) is 6.61 Å². The minimum atomic E-state index is -4.89. The molecule has 0 spiro atoms. The predicted molar refractivity (Wildman–Crippen MR) is 81.0 cm³/mol. The molecule has 5 nitrogen and oxygen atoms in total. The first kappa shape index (κ1) is 20.5. The zero-order chi connectivity index (χ0) is 18.5. The molecule has 0 saturated heterocycles. The molecule has 1 amide bonds. The summed E-state index contributed by atoms with van der Waals surface area (Å²) < 4.78 is 45.9. The number of carbonyl (C=O) groups is 2. The van der Waals surface area contributed by atoms with Crippen molar-refractivity contribution in [1.29, 1.82) is 0 Å². The molecule has 0 bridgehead atoms. The fourth-order valence-electron chi connectivity index (χ4n) is 2.53. The number of hydrogen-bond acceptors (Lipinski definition) is 4. The van der Waals surface area contributed by atoms with E-state index in [0.717, 1.165) is 5.57 Å². The van der Waals surface area contributed by atoms with Gasteiger partial charge in [-0.2, -0.15) is 13.2 Å². The highest BCUT2D eigenvalue weighted by molar-refractivity contribution is 5.81. The first-order valence-corrected chi connectivity index (χ1v) is 7.72. The van der Waals surface area contributed by atoms with Gasteiger partial charge in [0.15, 0.2) is 0 Å². The van der Waals surface area contributed by atoms with Crippen molar-refractivity contribution in [3.8, 4) is 0 Å². The third-order valence-corrected chi connectivity index (χ3v) is 3.94. The van der Waals surface area contributed by atoms with Gasteiger partial charge in [0, 0.05) is 6.54 Å². The quantitative estimate of drug-likeness (QED) is 0.414. The fourth-order valence-corrected chi connectivity index (χ4v) is 2.53. The van der Waals surface area contributed by atoms with Crippen LogP contribution in [0.2, 0.25) is 0 Å². The zero-order valence-corrected chi connectivity index (χ0v) is 14.3. The number of nitrogens with one attached hydrogen (secondary N) is 1. The highest BCUT2D eigenvalue weighted by atomic mass is 19.4. The molecule has 0 radical (unpaired) electrons.